The Labute approximate surface area is 177 Å². The number of methoxy groups -OCH3 is 1. The van der Waals surface area contributed by atoms with Crippen LogP contribution < -0.4 is 10.2 Å². The summed E-state index contributed by atoms with van der Waals surface area (Å²) in [5, 5.41) is 2.80. The maximum absolute atomic E-state index is 13.7. The number of amides is 2. The molecule has 2 aliphatic rings. The minimum atomic E-state index is -0.793. The molecule has 2 atom stereocenters. The van der Waals surface area contributed by atoms with Gasteiger partial charge in [0.1, 0.15) is 23.5 Å². The summed E-state index contributed by atoms with van der Waals surface area (Å²) >= 11 is 0. The van der Waals surface area contributed by atoms with Gasteiger partial charge in [-0.05, 0) is 51.2 Å². The number of aromatic nitrogens is 1. The summed E-state index contributed by atoms with van der Waals surface area (Å²) in [5.41, 5.74) is 0.126. The molecule has 2 unspecified atom stereocenters. The molecule has 2 amide bonds. The van der Waals surface area contributed by atoms with Gasteiger partial charge in [-0.3, -0.25) is 9.69 Å². The summed E-state index contributed by atoms with van der Waals surface area (Å²) in [6.45, 7) is 5.33. The Morgan fingerprint density at radius 1 is 1.20 bits per heavy atom. The van der Waals surface area contributed by atoms with Crippen LogP contribution >= 0.6 is 0 Å². The lowest BCUT2D eigenvalue weighted by molar-refractivity contribution is -0.143. The zero-order valence-electron chi connectivity index (χ0n) is 18.1. The molecule has 8 nitrogen and oxygen atoms in total. The first-order valence-electron chi connectivity index (χ1n) is 10.6. The van der Waals surface area contributed by atoms with Gasteiger partial charge in [0.2, 0.25) is 0 Å². The average molecular weight is 418 g/mol. The molecule has 1 fully saturated rings. The summed E-state index contributed by atoms with van der Waals surface area (Å²) in [5.74, 6) is -0.420. The number of ether oxygens (including phenoxy) is 2. The monoisotopic (exact) mass is 417 g/mol. The molecule has 0 radical (unpaired) electrons. The fourth-order valence-corrected chi connectivity index (χ4v) is 4.27. The molecule has 30 heavy (non-hydrogen) atoms. The fourth-order valence-electron chi connectivity index (χ4n) is 4.27. The smallest absolute Gasteiger partial charge is 0.408 e. The van der Waals surface area contributed by atoms with Gasteiger partial charge in [-0.2, -0.15) is 0 Å². The fraction of sp³-hybridized carbons (Fsp3) is 0.636. The van der Waals surface area contributed by atoms with Crippen LogP contribution in [0, 0.1) is 5.92 Å². The van der Waals surface area contributed by atoms with Crippen LogP contribution in [-0.2, 0) is 25.5 Å². The van der Waals surface area contributed by atoms with Crippen molar-refractivity contribution in [3.05, 3.63) is 23.9 Å². The normalized spacial score (nSPS) is 20.3. The van der Waals surface area contributed by atoms with Crippen molar-refractivity contribution in [1.82, 2.24) is 10.3 Å². The number of pyridine rings is 1. The molecule has 0 spiro atoms. The van der Waals surface area contributed by atoms with E-state index in [1.165, 1.54) is 12.0 Å². The van der Waals surface area contributed by atoms with Gasteiger partial charge in [0.15, 0.2) is 0 Å². The van der Waals surface area contributed by atoms with E-state index >= 15 is 0 Å². The number of hydrogen-bond donors (Lipinski definition) is 1. The predicted octanol–water partition coefficient (Wildman–Crippen LogP) is 2.99. The van der Waals surface area contributed by atoms with Gasteiger partial charge in [0.25, 0.3) is 5.91 Å². The van der Waals surface area contributed by atoms with Crippen molar-refractivity contribution in [3.63, 3.8) is 0 Å². The van der Waals surface area contributed by atoms with Crippen LogP contribution in [-0.4, -0.2) is 47.7 Å². The Balaban J connectivity index is 1.91. The second-order valence-electron chi connectivity index (χ2n) is 8.96. The number of rotatable bonds is 4. The van der Waals surface area contributed by atoms with E-state index in [0.29, 0.717) is 12.2 Å². The topological polar surface area (TPSA) is 97.8 Å². The Bertz CT molecular complexity index is 798. The third-order valence-electron chi connectivity index (χ3n) is 5.59. The molecule has 2 heterocycles. The molecular formula is C22H31N3O5. The van der Waals surface area contributed by atoms with Crippen molar-refractivity contribution in [2.45, 2.75) is 77.0 Å². The van der Waals surface area contributed by atoms with Crippen LogP contribution in [0.15, 0.2) is 18.3 Å². The maximum atomic E-state index is 13.7. The quantitative estimate of drug-likeness (QED) is 0.757. The van der Waals surface area contributed by atoms with Crippen LogP contribution in [0.1, 0.15) is 58.4 Å². The number of carbonyl (C=O) groups is 3. The summed E-state index contributed by atoms with van der Waals surface area (Å²) in [6.07, 6.45) is 6.07. The van der Waals surface area contributed by atoms with E-state index < -0.39 is 29.7 Å². The highest BCUT2D eigenvalue weighted by Crippen LogP contribution is 2.34. The van der Waals surface area contributed by atoms with Crippen LogP contribution in [0.5, 0.6) is 0 Å². The molecule has 1 aromatic rings. The van der Waals surface area contributed by atoms with Gasteiger partial charge < -0.3 is 14.8 Å². The highest BCUT2D eigenvalue weighted by Gasteiger charge is 2.45. The van der Waals surface area contributed by atoms with E-state index in [0.717, 1.165) is 37.7 Å². The minimum Gasteiger partial charge on any atom is -0.467 e. The van der Waals surface area contributed by atoms with Gasteiger partial charge >= 0.3 is 12.1 Å². The highest BCUT2D eigenvalue weighted by molar-refractivity contribution is 6.04. The molecule has 1 aliphatic carbocycles. The van der Waals surface area contributed by atoms with Crippen LogP contribution in [0.3, 0.4) is 0 Å². The highest BCUT2D eigenvalue weighted by atomic mass is 16.6. The number of nitrogens with one attached hydrogen (secondary N) is 1. The Kier molecular flexibility index (Phi) is 6.63. The van der Waals surface area contributed by atoms with Gasteiger partial charge in [-0.15, -0.1) is 0 Å². The Hall–Kier alpha value is -2.64. The van der Waals surface area contributed by atoms with E-state index in [1.807, 2.05) is 6.07 Å². The lowest BCUT2D eigenvalue weighted by atomic mass is 9.83. The number of fused-ring (bicyclic) bond motifs is 1. The summed E-state index contributed by atoms with van der Waals surface area (Å²) in [7, 11) is 1.30. The van der Waals surface area contributed by atoms with E-state index in [2.05, 4.69) is 10.3 Å². The van der Waals surface area contributed by atoms with E-state index in [9.17, 15) is 14.4 Å². The van der Waals surface area contributed by atoms with Gasteiger partial charge in [-0.25, -0.2) is 14.6 Å². The Morgan fingerprint density at radius 3 is 2.53 bits per heavy atom. The standard InChI is InChI=1S/C22H31N3O5/c1-22(2,3)30-21(28)24-17(14-9-6-5-7-10-14)19(26)25-16(20(27)29-4)13-15-11-8-12-23-18(15)25/h8,11-12,14,16-17H,5-7,9-10,13H2,1-4H3,(H,24,28). The minimum absolute atomic E-state index is 0.0233. The van der Waals surface area contributed by atoms with Gasteiger partial charge in [0, 0.05) is 12.6 Å². The van der Waals surface area contributed by atoms with E-state index in [1.54, 1.807) is 33.0 Å². The molecule has 0 bridgehead atoms. The molecule has 1 aliphatic heterocycles. The third-order valence-corrected chi connectivity index (χ3v) is 5.59. The van der Waals surface area contributed by atoms with Crippen molar-refractivity contribution in [2.75, 3.05) is 12.0 Å². The first-order valence-corrected chi connectivity index (χ1v) is 10.6. The second-order valence-corrected chi connectivity index (χ2v) is 8.96. The van der Waals surface area contributed by atoms with Crippen molar-refractivity contribution < 1.29 is 23.9 Å². The first kappa shape index (κ1) is 22.1. The lowest BCUT2D eigenvalue weighted by Crippen LogP contribution is -2.56. The second kappa shape index (κ2) is 9.02. The molecule has 1 saturated carbocycles. The van der Waals surface area contributed by atoms with Crippen molar-refractivity contribution in [2.24, 2.45) is 5.92 Å². The molecule has 1 N–H and O–H groups in total. The van der Waals surface area contributed by atoms with Crippen molar-refractivity contribution in [3.8, 4) is 0 Å². The number of nitrogens with zero attached hydrogens (tertiary/aromatic N) is 2. The van der Waals surface area contributed by atoms with Crippen LogP contribution in [0.2, 0.25) is 0 Å². The van der Waals surface area contributed by atoms with Gasteiger partial charge in [0.05, 0.1) is 7.11 Å². The zero-order chi connectivity index (χ0) is 21.9. The zero-order valence-corrected chi connectivity index (χ0v) is 18.1. The Morgan fingerprint density at radius 2 is 1.90 bits per heavy atom. The van der Waals surface area contributed by atoms with Crippen molar-refractivity contribution >= 4 is 23.8 Å². The SMILES string of the molecule is COC(=O)C1Cc2cccnc2N1C(=O)C(NC(=O)OC(C)(C)C)C1CCCCC1. The van der Waals surface area contributed by atoms with E-state index in [-0.39, 0.29) is 11.8 Å². The molecule has 8 heteroatoms. The number of anilines is 1. The number of alkyl carbamates (subject to hydrolysis) is 1. The van der Waals surface area contributed by atoms with Crippen LogP contribution in [0.25, 0.3) is 0 Å². The molecule has 0 aromatic carbocycles. The predicted molar refractivity (Wildman–Crippen MR) is 111 cm³/mol. The summed E-state index contributed by atoms with van der Waals surface area (Å²) < 4.78 is 10.4. The lowest BCUT2D eigenvalue weighted by Gasteiger charge is -2.34. The van der Waals surface area contributed by atoms with Crippen LogP contribution in [0.4, 0.5) is 10.6 Å². The molecule has 0 saturated heterocycles. The molecular weight excluding hydrogens is 386 g/mol. The number of hydrogen-bond acceptors (Lipinski definition) is 6. The number of esters is 1. The summed E-state index contributed by atoms with van der Waals surface area (Å²) in [6, 6.07) is 2.04. The maximum Gasteiger partial charge on any atom is 0.408 e. The van der Waals surface area contributed by atoms with Gasteiger partial charge in [-0.1, -0.05) is 25.3 Å². The summed E-state index contributed by atoms with van der Waals surface area (Å²) in [4.78, 5) is 44.5. The molecule has 164 valence electrons. The molecule has 1 aromatic heterocycles. The largest absolute Gasteiger partial charge is 0.467 e. The van der Waals surface area contributed by atoms with E-state index in [4.69, 9.17) is 9.47 Å². The third kappa shape index (κ3) is 4.91. The average Bonchev–Trinajstić information content (AvgIpc) is 3.10. The van der Waals surface area contributed by atoms with Crippen molar-refractivity contribution in [1.29, 1.82) is 0 Å². The molecule has 3 rings (SSSR count). The first-order chi connectivity index (χ1) is 14.2. The number of carbonyl (C=O) groups excluding carboxylic acids is 3.